The van der Waals surface area contributed by atoms with Gasteiger partial charge in [-0.3, -0.25) is 14.4 Å². The van der Waals surface area contributed by atoms with E-state index in [9.17, 15) is 18.8 Å². The van der Waals surface area contributed by atoms with Gasteiger partial charge >= 0.3 is 0 Å². The molecule has 1 fully saturated rings. The van der Waals surface area contributed by atoms with Crippen LogP contribution in [0.4, 0.5) is 10.1 Å². The van der Waals surface area contributed by atoms with Crippen LogP contribution >= 0.6 is 11.6 Å². The summed E-state index contributed by atoms with van der Waals surface area (Å²) in [6.07, 6.45) is 2.09. The van der Waals surface area contributed by atoms with E-state index in [1.807, 2.05) is 30.5 Å². The van der Waals surface area contributed by atoms with E-state index in [-0.39, 0.29) is 18.5 Å². The highest BCUT2D eigenvalue weighted by Crippen LogP contribution is 2.29. The lowest BCUT2D eigenvalue weighted by Crippen LogP contribution is -2.46. The molecule has 5 rings (SSSR count). The molecule has 35 heavy (non-hydrogen) atoms. The molecule has 0 aliphatic carbocycles. The number of nitrogens with one attached hydrogen (secondary N) is 1. The number of fused-ring (bicyclic) bond motifs is 1. The van der Waals surface area contributed by atoms with Crippen LogP contribution in [0.3, 0.4) is 0 Å². The molecule has 0 bridgehead atoms. The van der Waals surface area contributed by atoms with Crippen molar-refractivity contribution in [1.29, 1.82) is 0 Å². The third kappa shape index (κ3) is 4.31. The van der Waals surface area contributed by atoms with Crippen LogP contribution in [0.15, 0.2) is 79.0 Å². The van der Waals surface area contributed by atoms with Crippen LogP contribution in [0.2, 0.25) is 5.02 Å². The summed E-state index contributed by atoms with van der Waals surface area (Å²) in [6, 6.07) is 18.7. The van der Waals surface area contributed by atoms with Crippen LogP contribution in [0.1, 0.15) is 22.3 Å². The van der Waals surface area contributed by atoms with Crippen LogP contribution in [-0.2, 0) is 16.0 Å². The maximum Gasteiger partial charge on any atom is 0.257 e. The number of imide groups is 1. The van der Waals surface area contributed by atoms with Crippen molar-refractivity contribution >= 4 is 45.9 Å². The van der Waals surface area contributed by atoms with E-state index in [1.54, 1.807) is 30.3 Å². The Morgan fingerprint density at radius 1 is 1.03 bits per heavy atom. The van der Waals surface area contributed by atoms with Crippen molar-refractivity contribution in [2.24, 2.45) is 0 Å². The second kappa shape index (κ2) is 9.35. The zero-order chi connectivity index (χ0) is 24.5. The van der Waals surface area contributed by atoms with Crippen molar-refractivity contribution in [3.8, 4) is 0 Å². The molecule has 6 nitrogen and oxygen atoms in total. The number of H-pyrrole nitrogens is 1. The fraction of sp³-hybridized carbons (Fsp3) is 0.148. The molecule has 0 radical (unpaired) electrons. The molecule has 1 aromatic heterocycles. The minimum atomic E-state index is -1.05. The number of aromatic amines is 1. The molecule has 3 amide bonds. The zero-order valence-corrected chi connectivity index (χ0v) is 19.3. The number of aromatic nitrogens is 1. The lowest BCUT2D eigenvalue weighted by atomic mass is 10.1. The van der Waals surface area contributed by atoms with Crippen molar-refractivity contribution in [1.82, 2.24) is 9.88 Å². The number of carbonyl (C=O) groups is 3. The van der Waals surface area contributed by atoms with Crippen LogP contribution in [0, 0.1) is 5.82 Å². The molecule has 1 aliphatic rings. The summed E-state index contributed by atoms with van der Waals surface area (Å²) in [4.78, 5) is 45.4. The van der Waals surface area contributed by atoms with Gasteiger partial charge in [-0.15, -0.1) is 0 Å². The number of anilines is 1. The summed E-state index contributed by atoms with van der Waals surface area (Å²) in [7, 11) is 0. The highest BCUT2D eigenvalue weighted by molar-refractivity contribution is 6.31. The van der Waals surface area contributed by atoms with Crippen LogP contribution in [-0.4, -0.2) is 40.2 Å². The first kappa shape index (κ1) is 22.8. The average molecular weight is 490 g/mol. The Morgan fingerprint density at radius 2 is 1.74 bits per heavy atom. The lowest BCUT2D eigenvalue weighted by molar-refractivity contribution is -0.122. The number of benzene rings is 3. The fourth-order valence-corrected chi connectivity index (χ4v) is 4.61. The number of carbonyl (C=O) groups excluding carboxylic acids is 3. The van der Waals surface area contributed by atoms with Gasteiger partial charge in [0.25, 0.3) is 11.8 Å². The summed E-state index contributed by atoms with van der Waals surface area (Å²) in [5.41, 5.74) is 2.15. The van der Waals surface area contributed by atoms with Gasteiger partial charge in [0.1, 0.15) is 11.9 Å². The number of hydrogen-bond acceptors (Lipinski definition) is 3. The van der Waals surface area contributed by atoms with E-state index in [0.29, 0.717) is 17.1 Å². The molecular formula is C27H21ClFN3O3. The number of hydrogen-bond donors (Lipinski definition) is 1. The maximum atomic E-state index is 14.5. The molecule has 1 atom stereocenters. The van der Waals surface area contributed by atoms with Gasteiger partial charge in [0, 0.05) is 28.7 Å². The first-order valence-corrected chi connectivity index (χ1v) is 11.5. The molecule has 1 saturated heterocycles. The van der Waals surface area contributed by atoms with E-state index >= 15 is 0 Å². The predicted octanol–water partition coefficient (Wildman–Crippen LogP) is 4.98. The number of rotatable bonds is 6. The molecule has 0 saturated carbocycles. The quantitative estimate of drug-likeness (QED) is 0.388. The molecule has 176 valence electrons. The lowest BCUT2D eigenvalue weighted by Gasteiger charge is -2.28. The molecule has 1 N–H and O–H groups in total. The topological polar surface area (TPSA) is 73.5 Å². The second-order valence-corrected chi connectivity index (χ2v) is 8.79. The third-order valence-electron chi connectivity index (χ3n) is 6.25. The number of halogens is 2. The van der Waals surface area contributed by atoms with E-state index in [4.69, 9.17) is 11.6 Å². The molecule has 8 heteroatoms. The fourth-order valence-electron chi connectivity index (χ4n) is 4.49. The number of amides is 3. The number of nitrogens with zero attached hydrogens (tertiary/aromatic N) is 2. The minimum Gasteiger partial charge on any atom is -0.361 e. The first-order valence-electron chi connectivity index (χ1n) is 11.2. The standard InChI is InChI=1S/C27H21ClFN3O3/c28-18-9-11-19(12-10-18)32-25(33)15-24(27(32)35)31(26(34)21-6-1-3-7-22(21)29)14-13-17-16-30-23-8-4-2-5-20(17)23/h1-12,16,24,30H,13-15H2. The van der Waals surface area contributed by atoms with E-state index in [0.717, 1.165) is 21.4 Å². The van der Waals surface area contributed by atoms with Crippen molar-refractivity contribution in [2.45, 2.75) is 18.9 Å². The molecule has 1 unspecified atom stereocenters. The Bertz CT molecular complexity index is 1430. The summed E-state index contributed by atoms with van der Waals surface area (Å²) >= 11 is 5.95. The molecular weight excluding hydrogens is 469 g/mol. The monoisotopic (exact) mass is 489 g/mol. The largest absolute Gasteiger partial charge is 0.361 e. The van der Waals surface area contributed by atoms with Crippen LogP contribution in [0.25, 0.3) is 10.9 Å². The Labute approximate surface area is 205 Å². The molecule has 1 aliphatic heterocycles. The Kier molecular flexibility index (Phi) is 6.09. The minimum absolute atomic E-state index is 0.132. The third-order valence-corrected chi connectivity index (χ3v) is 6.50. The van der Waals surface area contributed by atoms with Crippen molar-refractivity contribution in [3.63, 3.8) is 0 Å². The van der Waals surface area contributed by atoms with Gasteiger partial charge < -0.3 is 9.88 Å². The predicted molar refractivity (Wildman–Crippen MR) is 132 cm³/mol. The molecule has 3 aromatic carbocycles. The summed E-state index contributed by atoms with van der Waals surface area (Å²) in [6.45, 7) is 0.132. The highest BCUT2D eigenvalue weighted by Gasteiger charge is 2.44. The van der Waals surface area contributed by atoms with Gasteiger partial charge in [-0.25, -0.2) is 9.29 Å². The zero-order valence-electron chi connectivity index (χ0n) is 18.6. The van der Waals surface area contributed by atoms with Gasteiger partial charge in [0.15, 0.2) is 0 Å². The van der Waals surface area contributed by atoms with E-state index in [1.165, 1.54) is 23.1 Å². The van der Waals surface area contributed by atoms with E-state index < -0.39 is 29.6 Å². The summed E-state index contributed by atoms with van der Waals surface area (Å²) in [5.74, 6) is -2.27. The van der Waals surface area contributed by atoms with Crippen LogP contribution in [0.5, 0.6) is 0 Å². The van der Waals surface area contributed by atoms with Crippen LogP contribution < -0.4 is 4.90 Å². The van der Waals surface area contributed by atoms with Crippen molar-refractivity contribution in [3.05, 3.63) is 101 Å². The van der Waals surface area contributed by atoms with Gasteiger partial charge in [0.2, 0.25) is 5.91 Å². The second-order valence-electron chi connectivity index (χ2n) is 8.35. The Morgan fingerprint density at radius 3 is 2.51 bits per heavy atom. The molecule has 4 aromatic rings. The van der Waals surface area contributed by atoms with Gasteiger partial charge in [-0.1, -0.05) is 41.9 Å². The smallest absolute Gasteiger partial charge is 0.257 e. The van der Waals surface area contributed by atoms with Gasteiger partial charge in [-0.05, 0) is 54.4 Å². The summed E-state index contributed by atoms with van der Waals surface area (Å²) in [5, 5.41) is 1.47. The van der Waals surface area contributed by atoms with Crippen molar-refractivity contribution < 1.29 is 18.8 Å². The normalized spacial score (nSPS) is 15.7. The Hall–Kier alpha value is -3.97. The van der Waals surface area contributed by atoms with Gasteiger partial charge in [0.05, 0.1) is 17.7 Å². The SMILES string of the molecule is O=C1CC(N(CCc2c[nH]c3ccccc23)C(=O)c2ccccc2F)C(=O)N1c1ccc(Cl)cc1. The summed E-state index contributed by atoms with van der Waals surface area (Å²) < 4.78 is 14.5. The molecule has 2 heterocycles. The number of para-hydroxylation sites is 1. The highest BCUT2D eigenvalue weighted by atomic mass is 35.5. The van der Waals surface area contributed by atoms with Crippen molar-refractivity contribution in [2.75, 3.05) is 11.4 Å². The maximum absolute atomic E-state index is 14.5. The molecule has 0 spiro atoms. The van der Waals surface area contributed by atoms with E-state index in [2.05, 4.69) is 4.98 Å². The average Bonchev–Trinajstić information content (AvgIpc) is 3.40. The Balaban J connectivity index is 1.47. The van der Waals surface area contributed by atoms with Gasteiger partial charge in [-0.2, -0.15) is 0 Å². The first-order chi connectivity index (χ1) is 16.9.